The van der Waals surface area contributed by atoms with Gasteiger partial charge in [-0.3, -0.25) is 10.2 Å². The van der Waals surface area contributed by atoms with Crippen LogP contribution in [0.1, 0.15) is 13.3 Å². The van der Waals surface area contributed by atoms with Crippen LogP contribution in [-0.2, 0) is 9.53 Å². The number of carbonyl (C=O) groups is 1. The van der Waals surface area contributed by atoms with Gasteiger partial charge in [0.2, 0.25) is 0 Å². The van der Waals surface area contributed by atoms with Crippen molar-refractivity contribution in [1.82, 2.24) is 5.32 Å². The predicted octanol–water partition coefficient (Wildman–Crippen LogP) is -0.651. The second-order valence-corrected chi connectivity index (χ2v) is 2.62. The molecule has 0 rings (SSSR count). The number of nitrogens with two attached hydrogens (primary N) is 1. The minimum Gasteiger partial charge on any atom is -0.481 e. The average Bonchev–Trinajstić information content (AvgIpc) is 1.96. The topological polar surface area (TPSA) is 108 Å². The van der Waals surface area contributed by atoms with Crippen LogP contribution in [0.25, 0.3) is 0 Å². The number of carboxylic acid groups (broad SMARTS) is 1. The van der Waals surface area contributed by atoms with Gasteiger partial charge in [-0.2, -0.15) is 0 Å². The van der Waals surface area contributed by atoms with Crippen LogP contribution in [0.2, 0.25) is 0 Å². The van der Waals surface area contributed by atoms with Gasteiger partial charge in [-0.25, -0.2) is 0 Å². The molecule has 0 bridgehead atoms. The van der Waals surface area contributed by atoms with E-state index in [1.807, 2.05) is 0 Å². The molecule has 0 heterocycles. The molecule has 5 N–H and O–H groups in total. The quantitative estimate of drug-likeness (QED) is 0.252. The van der Waals surface area contributed by atoms with E-state index in [4.69, 9.17) is 21.0 Å². The fourth-order valence-corrected chi connectivity index (χ4v) is 0.751. The first-order valence-corrected chi connectivity index (χ1v) is 3.93. The first kappa shape index (κ1) is 11.7. The van der Waals surface area contributed by atoms with E-state index in [9.17, 15) is 4.79 Å². The Morgan fingerprint density at radius 3 is 2.85 bits per heavy atom. The van der Waals surface area contributed by atoms with E-state index in [0.717, 1.165) is 0 Å². The van der Waals surface area contributed by atoms with Gasteiger partial charge in [0, 0.05) is 6.54 Å². The molecule has 0 aliphatic carbocycles. The van der Waals surface area contributed by atoms with Crippen LogP contribution >= 0.6 is 0 Å². The molecule has 0 amide bonds. The molecule has 0 aliphatic heterocycles. The number of ether oxygens (including phenoxy) is 1. The molecule has 0 aromatic carbocycles. The smallest absolute Gasteiger partial charge is 0.305 e. The van der Waals surface area contributed by atoms with Crippen LogP contribution in [0.15, 0.2) is 0 Å². The monoisotopic (exact) mass is 189 g/mol. The standard InChI is InChI=1S/C7H15N3O3/c1-5(4-6(11)12)13-3-2-10-7(8)9/h5H,2-4H2,1H3,(H,11,12)(H4,8,9,10). The van der Waals surface area contributed by atoms with E-state index < -0.39 is 5.97 Å². The van der Waals surface area contributed by atoms with Crippen molar-refractivity contribution in [3.05, 3.63) is 0 Å². The number of hydrogen-bond acceptors (Lipinski definition) is 3. The van der Waals surface area contributed by atoms with Gasteiger partial charge >= 0.3 is 5.97 Å². The molecule has 0 fully saturated rings. The van der Waals surface area contributed by atoms with Crippen LogP contribution in [0.5, 0.6) is 0 Å². The van der Waals surface area contributed by atoms with Gasteiger partial charge in [-0.15, -0.1) is 0 Å². The highest BCUT2D eigenvalue weighted by Crippen LogP contribution is 1.95. The van der Waals surface area contributed by atoms with E-state index >= 15 is 0 Å². The van der Waals surface area contributed by atoms with Crippen molar-refractivity contribution in [2.24, 2.45) is 5.73 Å². The Morgan fingerprint density at radius 1 is 1.77 bits per heavy atom. The summed E-state index contributed by atoms with van der Waals surface area (Å²) in [6.07, 6.45) is -0.327. The highest BCUT2D eigenvalue weighted by molar-refractivity contribution is 5.74. The lowest BCUT2D eigenvalue weighted by molar-refractivity contribution is -0.139. The lowest BCUT2D eigenvalue weighted by atomic mass is 10.3. The van der Waals surface area contributed by atoms with Gasteiger partial charge < -0.3 is 20.9 Å². The molecule has 6 heteroatoms. The van der Waals surface area contributed by atoms with Crippen molar-refractivity contribution in [3.63, 3.8) is 0 Å². The SMILES string of the molecule is CC(CC(=O)O)OCCNC(=N)N. The van der Waals surface area contributed by atoms with Crippen molar-refractivity contribution in [2.75, 3.05) is 13.2 Å². The number of guanidine groups is 1. The number of rotatable bonds is 6. The summed E-state index contributed by atoms with van der Waals surface area (Å²) >= 11 is 0. The molecule has 76 valence electrons. The van der Waals surface area contributed by atoms with Gasteiger partial charge in [0.15, 0.2) is 5.96 Å². The molecule has 0 radical (unpaired) electrons. The number of aliphatic carboxylic acids is 1. The summed E-state index contributed by atoms with van der Waals surface area (Å²) in [4.78, 5) is 10.2. The molecule has 6 nitrogen and oxygen atoms in total. The van der Waals surface area contributed by atoms with Crippen LogP contribution in [0, 0.1) is 5.41 Å². The molecular weight excluding hydrogens is 174 g/mol. The fourth-order valence-electron chi connectivity index (χ4n) is 0.751. The summed E-state index contributed by atoms with van der Waals surface area (Å²) in [5, 5.41) is 17.7. The third kappa shape index (κ3) is 8.61. The fraction of sp³-hybridized carbons (Fsp3) is 0.714. The molecule has 0 saturated heterocycles. The van der Waals surface area contributed by atoms with Crippen LogP contribution in [0.3, 0.4) is 0 Å². The van der Waals surface area contributed by atoms with E-state index in [0.29, 0.717) is 13.2 Å². The Labute approximate surface area is 76.6 Å². The third-order valence-electron chi connectivity index (χ3n) is 1.28. The molecule has 0 aromatic heterocycles. The van der Waals surface area contributed by atoms with Gasteiger partial charge in [-0.1, -0.05) is 0 Å². The van der Waals surface area contributed by atoms with Crippen molar-refractivity contribution in [1.29, 1.82) is 5.41 Å². The maximum absolute atomic E-state index is 10.2. The molecule has 0 spiro atoms. The highest BCUT2D eigenvalue weighted by atomic mass is 16.5. The predicted molar refractivity (Wildman–Crippen MR) is 47.6 cm³/mol. The Kier molecular flexibility index (Phi) is 5.62. The maximum Gasteiger partial charge on any atom is 0.305 e. The molecular formula is C7H15N3O3. The van der Waals surface area contributed by atoms with Crippen molar-refractivity contribution in [2.45, 2.75) is 19.4 Å². The largest absolute Gasteiger partial charge is 0.481 e. The molecule has 0 aromatic rings. The second kappa shape index (κ2) is 6.24. The Hall–Kier alpha value is -1.30. The lowest BCUT2D eigenvalue weighted by Crippen LogP contribution is -2.33. The van der Waals surface area contributed by atoms with Crippen LogP contribution in [-0.4, -0.2) is 36.3 Å². The van der Waals surface area contributed by atoms with Crippen LogP contribution in [0.4, 0.5) is 0 Å². The zero-order valence-corrected chi connectivity index (χ0v) is 7.54. The minimum absolute atomic E-state index is 0.0138. The molecule has 0 saturated carbocycles. The van der Waals surface area contributed by atoms with Crippen molar-refractivity contribution < 1.29 is 14.6 Å². The molecule has 0 aliphatic rings. The summed E-state index contributed by atoms with van der Waals surface area (Å²) in [5.41, 5.74) is 5.01. The maximum atomic E-state index is 10.2. The summed E-state index contributed by atoms with van der Waals surface area (Å²) in [6, 6.07) is 0. The molecule has 1 unspecified atom stereocenters. The Bertz CT molecular complexity index is 184. The second-order valence-electron chi connectivity index (χ2n) is 2.62. The van der Waals surface area contributed by atoms with Gasteiger partial charge in [0.05, 0.1) is 19.1 Å². The van der Waals surface area contributed by atoms with E-state index in [2.05, 4.69) is 5.32 Å². The first-order valence-electron chi connectivity index (χ1n) is 3.93. The zero-order valence-electron chi connectivity index (χ0n) is 7.54. The molecule has 1 atom stereocenters. The summed E-state index contributed by atoms with van der Waals surface area (Å²) in [7, 11) is 0. The normalized spacial score (nSPS) is 12.1. The third-order valence-corrected chi connectivity index (χ3v) is 1.28. The van der Waals surface area contributed by atoms with E-state index in [1.54, 1.807) is 6.92 Å². The lowest BCUT2D eigenvalue weighted by Gasteiger charge is -2.10. The number of hydrogen-bond donors (Lipinski definition) is 4. The summed E-state index contributed by atoms with van der Waals surface area (Å²) in [6.45, 7) is 2.44. The van der Waals surface area contributed by atoms with Crippen molar-refractivity contribution in [3.8, 4) is 0 Å². The van der Waals surface area contributed by atoms with E-state index in [-0.39, 0.29) is 18.5 Å². The van der Waals surface area contributed by atoms with E-state index in [1.165, 1.54) is 0 Å². The van der Waals surface area contributed by atoms with Gasteiger partial charge in [0.25, 0.3) is 0 Å². The highest BCUT2D eigenvalue weighted by Gasteiger charge is 2.06. The molecule has 13 heavy (non-hydrogen) atoms. The number of nitrogens with one attached hydrogen (secondary N) is 2. The Balaban J connectivity index is 3.31. The van der Waals surface area contributed by atoms with Gasteiger partial charge in [-0.05, 0) is 6.92 Å². The van der Waals surface area contributed by atoms with Crippen LogP contribution < -0.4 is 11.1 Å². The average molecular weight is 189 g/mol. The van der Waals surface area contributed by atoms with Crippen molar-refractivity contribution >= 4 is 11.9 Å². The first-order chi connectivity index (χ1) is 6.02. The zero-order chi connectivity index (χ0) is 10.3. The number of carboxylic acids is 1. The minimum atomic E-state index is -0.882. The Morgan fingerprint density at radius 2 is 2.38 bits per heavy atom. The summed E-state index contributed by atoms with van der Waals surface area (Å²) < 4.78 is 5.11. The summed E-state index contributed by atoms with van der Waals surface area (Å²) in [5.74, 6) is -0.999. The van der Waals surface area contributed by atoms with Gasteiger partial charge in [0.1, 0.15) is 0 Å².